The van der Waals surface area contributed by atoms with E-state index in [0.29, 0.717) is 12.0 Å². The van der Waals surface area contributed by atoms with E-state index in [1.54, 1.807) is 14.2 Å². The molecule has 0 aliphatic rings. The molecule has 5 nitrogen and oxygen atoms in total. The smallest absolute Gasteiger partial charge is 0.191 e. The van der Waals surface area contributed by atoms with E-state index in [1.165, 1.54) is 0 Å². The molecular weight excluding hydrogens is 228 g/mol. The van der Waals surface area contributed by atoms with Gasteiger partial charge in [0.15, 0.2) is 5.96 Å². The summed E-state index contributed by atoms with van der Waals surface area (Å²) in [5.74, 6) is 1.46. The van der Waals surface area contributed by atoms with E-state index in [9.17, 15) is 0 Å². The number of nitrogens with zero attached hydrogens (tertiary/aromatic N) is 2. The van der Waals surface area contributed by atoms with Crippen LogP contribution in [0.5, 0.6) is 0 Å². The van der Waals surface area contributed by atoms with Gasteiger partial charge in [0.1, 0.15) is 0 Å². The van der Waals surface area contributed by atoms with Crippen LogP contribution in [-0.2, 0) is 4.74 Å². The molecule has 0 aliphatic carbocycles. The van der Waals surface area contributed by atoms with Crippen molar-refractivity contribution in [1.29, 1.82) is 0 Å². The van der Waals surface area contributed by atoms with Gasteiger partial charge in [0.2, 0.25) is 0 Å². The number of aliphatic imine (C=N–C) groups is 1. The lowest BCUT2D eigenvalue weighted by molar-refractivity contribution is 0.162. The normalized spacial score (nSPS) is 14.1. The zero-order valence-electron chi connectivity index (χ0n) is 12.8. The van der Waals surface area contributed by atoms with Crippen LogP contribution in [0.3, 0.4) is 0 Å². The highest BCUT2D eigenvalue weighted by atomic mass is 16.5. The minimum Gasteiger partial charge on any atom is -0.383 e. The average Bonchev–Trinajstić information content (AvgIpc) is 2.34. The Hall–Kier alpha value is -0.810. The van der Waals surface area contributed by atoms with Crippen molar-refractivity contribution >= 4 is 5.96 Å². The summed E-state index contributed by atoms with van der Waals surface area (Å²) in [4.78, 5) is 6.45. The summed E-state index contributed by atoms with van der Waals surface area (Å²) in [7, 11) is 5.62. The molecule has 0 aromatic rings. The molecule has 2 N–H and O–H groups in total. The number of hydrogen-bond acceptors (Lipinski definition) is 3. The molecule has 0 amide bonds. The van der Waals surface area contributed by atoms with Gasteiger partial charge in [0.05, 0.1) is 6.61 Å². The zero-order valence-corrected chi connectivity index (χ0v) is 12.8. The fourth-order valence-corrected chi connectivity index (χ4v) is 1.30. The molecule has 0 aliphatic heterocycles. The molecule has 0 spiro atoms. The second-order valence-electron chi connectivity index (χ2n) is 4.97. The molecular formula is C13H30N4O. The highest BCUT2D eigenvalue weighted by Crippen LogP contribution is 1.98. The third-order valence-corrected chi connectivity index (χ3v) is 3.05. The van der Waals surface area contributed by atoms with Gasteiger partial charge in [-0.05, 0) is 19.9 Å². The third-order valence-electron chi connectivity index (χ3n) is 3.05. The van der Waals surface area contributed by atoms with E-state index in [-0.39, 0.29) is 0 Å². The van der Waals surface area contributed by atoms with Crippen molar-refractivity contribution in [3.63, 3.8) is 0 Å². The highest BCUT2D eigenvalue weighted by Gasteiger charge is 2.08. The zero-order chi connectivity index (χ0) is 14.0. The van der Waals surface area contributed by atoms with Crippen LogP contribution in [0, 0.1) is 5.92 Å². The van der Waals surface area contributed by atoms with Crippen LogP contribution in [0.25, 0.3) is 0 Å². The van der Waals surface area contributed by atoms with Gasteiger partial charge in [-0.3, -0.25) is 4.99 Å². The highest BCUT2D eigenvalue weighted by molar-refractivity contribution is 5.79. The Balaban J connectivity index is 3.81. The first kappa shape index (κ1) is 17.2. The summed E-state index contributed by atoms with van der Waals surface area (Å²) in [5.41, 5.74) is 0. The lowest BCUT2D eigenvalue weighted by Crippen LogP contribution is -2.46. The summed E-state index contributed by atoms with van der Waals surface area (Å²) in [6.45, 7) is 10.1. The fourth-order valence-electron chi connectivity index (χ4n) is 1.30. The van der Waals surface area contributed by atoms with E-state index in [1.807, 2.05) is 0 Å². The van der Waals surface area contributed by atoms with Crippen LogP contribution in [0.2, 0.25) is 0 Å². The maximum absolute atomic E-state index is 5.04. The van der Waals surface area contributed by atoms with Crippen LogP contribution in [0.15, 0.2) is 4.99 Å². The van der Waals surface area contributed by atoms with E-state index in [2.05, 4.69) is 48.3 Å². The first-order chi connectivity index (χ1) is 8.51. The van der Waals surface area contributed by atoms with Crippen molar-refractivity contribution < 1.29 is 4.74 Å². The number of ether oxygens (including phenoxy) is 1. The van der Waals surface area contributed by atoms with Gasteiger partial charge in [-0.15, -0.1) is 0 Å². The van der Waals surface area contributed by atoms with Gasteiger partial charge in [0.25, 0.3) is 0 Å². The van der Waals surface area contributed by atoms with Crippen LogP contribution in [-0.4, -0.2) is 64.3 Å². The number of guanidine groups is 1. The van der Waals surface area contributed by atoms with Crippen molar-refractivity contribution in [3.05, 3.63) is 0 Å². The fraction of sp³-hybridized carbons (Fsp3) is 0.923. The van der Waals surface area contributed by atoms with Crippen LogP contribution in [0.4, 0.5) is 0 Å². The molecule has 0 rings (SSSR count). The third kappa shape index (κ3) is 8.31. The lowest BCUT2D eigenvalue weighted by Gasteiger charge is -2.22. The minimum absolute atomic E-state index is 0.419. The number of methoxy groups -OCH3 is 1. The van der Waals surface area contributed by atoms with Gasteiger partial charge in [-0.1, -0.05) is 13.8 Å². The first-order valence-electron chi connectivity index (χ1n) is 6.66. The first-order valence-corrected chi connectivity index (χ1v) is 6.66. The predicted octanol–water partition coefficient (Wildman–Crippen LogP) is 0.774. The van der Waals surface area contributed by atoms with Crippen molar-refractivity contribution in [2.75, 3.05) is 47.4 Å². The Bertz CT molecular complexity index is 231. The topological polar surface area (TPSA) is 48.9 Å². The molecule has 0 aromatic heterocycles. The number of likely N-dealkylation sites (N-methyl/N-ethyl adjacent to an activating group) is 1. The largest absolute Gasteiger partial charge is 0.383 e. The van der Waals surface area contributed by atoms with Crippen molar-refractivity contribution in [2.24, 2.45) is 10.9 Å². The Morgan fingerprint density at radius 3 is 2.44 bits per heavy atom. The van der Waals surface area contributed by atoms with Gasteiger partial charge in [0, 0.05) is 39.8 Å². The number of nitrogens with one attached hydrogen (secondary N) is 2. The van der Waals surface area contributed by atoms with Gasteiger partial charge in [-0.2, -0.15) is 0 Å². The van der Waals surface area contributed by atoms with Crippen LogP contribution >= 0.6 is 0 Å². The maximum atomic E-state index is 5.04. The molecule has 0 radical (unpaired) electrons. The van der Waals surface area contributed by atoms with E-state index in [4.69, 9.17) is 4.74 Å². The van der Waals surface area contributed by atoms with Crippen molar-refractivity contribution in [1.82, 2.24) is 15.5 Å². The van der Waals surface area contributed by atoms with E-state index >= 15 is 0 Å². The second-order valence-corrected chi connectivity index (χ2v) is 4.97. The summed E-state index contributed by atoms with van der Waals surface area (Å²) in [6, 6.07) is 0.419. The molecule has 0 bridgehead atoms. The summed E-state index contributed by atoms with van der Waals surface area (Å²) in [5, 5.41) is 6.70. The van der Waals surface area contributed by atoms with E-state index in [0.717, 1.165) is 32.2 Å². The molecule has 0 saturated carbocycles. The Labute approximate surface area is 112 Å². The molecule has 0 aromatic carbocycles. The average molecular weight is 258 g/mol. The molecule has 0 heterocycles. The molecule has 1 unspecified atom stereocenters. The molecule has 0 saturated heterocycles. The molecule has 1 atom stereocenters. The number of hydrogen-bond donors (Lipinski definition) is 2. The molecule has 0 fully saturated rings. The molecule has 108 valence electrons. The van der Waals surface area contributed by atoms with Gasteiger partial charge < -0.3 is 20.3 Å². The standard InChI is InChI=1S/C13H30N4O/c1-11(2)12(3)16-13(14-4)15-7-8-17(5)9-10-18-6/h11-12H,7-10H2,1-6H3,(H2,14,15,16). The minimum atomic E-state index is 0.419. The maximum Gasteiger partial charge on any atom is 0.191 e. The summed E-state index contributed by atoms with van der Waals surface area (Å²) < 4.78 is 5.04. The van der Waals surface area contributed by atoms with Crippen molar-refractivity contribution in [3.8, 4) is 0 Å². The van der Waals surface area contributed by atoms with Crippen molar-refractivity contribution in [2.45, 2.75) is 26.8 Å². The SMILES string of the molecule is CN=C(NCCN(C)CCOC)NC(C)C(C)C. The van der Waals surface area contributed by atoms with Gasteiger partial charge >= 0.3 is 0 Å². The van der Waals surface area contributed by atoms with Crippen LogP contribution < -0.4 is 10.6 Å². The van der Waals surface area contributed by atoms with E-state index < -0.39 is 0 Å². The monoisotopic (exact) mass is 258 g/mol. The molecule has 18 heavy (non-hydrogen) atoms. The lowest BCUT2D eigenvalue weighted by atomic mass is 10.1. The summed E-state index contributed by atoms with van der Waals surface area (Å²) in [6.07, 6.45) is 0. The summed E-state index contributed by atoms with van der Waals surface area (Å²) >= 11 is 0. The van der Waals surface area contributed by atoms with Crippen LogP contribution in [0.1, 0.15) is 20.8 Å². The Morgan fingerprint density at radius 1 is 1.28 bits per heavy atom. The quantitative estimate of drug-likeness (QED) is 0.499. The Kier molecular flexibility index (Phi) is 9.69. The predicted molar refractivity (Wildman–Crippen MR) is 78.2 cm³/mol. The van der Waals surface area contributed by atoms with Gasteiger partial charge in [-0.25, -0.2) is 0 Å². The number of rotatable bonds is 8. The Morgan fingerprint density at radius 2 is 1.94 bits per heavy atom. The molecule has 5 heteroatoms. The second kappa shape index (κ2) is 10.1.